The van der Waals surface area contributed by atoms with Crippen LogP contribution in [0, 0.1) is 6.92 Å². The van der Waals surface area contributed by atoms with Gasteiger partial charge >= 0.3 is 0 Å². The van der Waals surface area contributed by atoms with Crippen molar-refractivity contribution in [2.75, 3.05) is 0 Å². The maximum atomic E-state index is 12.2. The first-order chi connectivity index (χ1) is 12.9. The lowest BCUT2D eigenvalue weighted by Crippen LogP contribution is -2.06. The third-order valence-electron chi connectivity index (χ3n) is 4.27. The maximum absolute atomic E-state index is 12.2. The molecule has 0 aliphatic carbocycles. The van der Waals surface area contributed by atoms with Crippen LogP contribution in [0.1, 0.15) is 42.9 Å². The van der Waals surface area contributed by atoms with Gasteiger partial charge in [0.2, 0.25) is 0 Å². The summed E-state index contributed by atoms with van der Waals surface area (Å²) >= 11 is 0. The number of carbonyl (C=O) groups is 1. The van der Waals surface area contributed by atoms with Gasteiger partial charge in [-0.05, 0) is 55.2 Å². The molecule has 142 valence electrons. The Morgan fingerprint density at radius 2 is 1.67 bits per heavy atom. The second-order valence-electron chi connectivity index (χ2n) is 6.71. The lowest BCUT2D eigenvalue weighted by molar-refractivity contribution is -0.111. The summed E-state index contributed by atoms with van der Waals surface area (Å²) in [6.45, 7) is 5.67. The van der Waals surface area contributed by atoms with E-state index in [9.17, 15) is 4.79 Å². The monoisotopic (exact) mass is 364 g/mol. The van der Waals surface area contributed by atoms with E-state index < -0.39 is 0 Å². The van der Waals surface area contributed by atoms with Crippen LogP contribution >= 0.6 is 0 Å². The average molecular weight is 364 g/mol. The fourth-order valence-corrected chi connectivity index (χ4v) is 2.56. The Balaban J connectivity index is 1.97. The van der Waals surface area contributed by atoms with E-state index in [4.69, 9.17) is 15.9 Å². The Kier molecular flexibility index (Phi) is 7.24. The largest absolute Gasteiger partial charge is 0.466 e. The Hall–Kier alpha value is -3.01. The van der Waals surface area contributed by atoms with Crippen LogP contribution in [0.4, 0.5) is 0 Å². The number of rotatable bonds is 8. The number of aryl methyl sites for hydroxylation is 1. The van der Waals surface area contributed by atoms with E-state index in [2.05, 4.69) is 12.1 Å². The van der Waals surface area contributed by atoms with E-state index in [1.807, 2.05) is 38.1 Å². The number of allylic oxidation sites excluding steroid dienone is 6. The molecule has 0 saturated heterocycles. The van der Waals surface area contributed by atoms with E-state index in [-0.39, 0.29) is 5.78 Å². The molecule has 0 amide bonds. The van der Waals surface area contributed by atoms with Gasteiger partial charge in [-0.25, -0.2) is 0 Å². The molecule has 4 heteroatoms. The van der Waals surface area contributed by atoms with Gasteiger partial charge in [0.15, 0.2) is 5.78 Å². The van der Waals surface area contributed by atoms with Crippen molar-refractivity contribution in [2.45, 2.75) is 40.0 Å². The molecular weight excluding hydrogens is 336 g/mol. The zero-order chi connectivity index (χ0) is 19.8. The Bertz CT molecular complexity index is 868. The molecule has 0 aliphatic rings. The molecule has 0 atom stereocenters. The average Bonchev–Trinajstić information content (AvgIpc) is 3.05. The summed E-state index contributed by atoms with van der Waals surface area (Å²) < 4.78 is 5.61. The number of nitrogens with two attached hydrogens (primary N) is 2. The van der Waals surface area contributed by atoms with Gasteiger partial charge in [-0.2, -0.15) is 0 Å². The van der Waals surface area contributed by atoms with Crippen molar-refractivity contribution < 1.29 is 9.21 Å². The summed E-state index contributed by atoms with van der Waals surface area (Å²) in [5.74, 6) is 1.77. The van der Waals surface area contributed by atoms with Gasteiger partial charge < -0.3 is 15.9 Å². The van der Waals surface area contributed by atoms with Crippen LogP contribution in [0.25, 0.3) is 0 Å². The van der Waals surface area contributed by atoms with Gasteiger partial charge in [0, 0.05) is 30.3 Å². The van der Waals surface area contributed by atoms with E-state index in [0.717, 1.165) is 35.6 Å². The third kappa shape index (κ3) is 6.66. The second kappa shape index (κ2) is 9.62. The summed E-state index contributed by atoms with van der Waals surface area (Å²) in [4.78, 5) is 12.2. The first-order valence-corrected chi connectivity index (χ1v) is 9.13. The predicted octanol–water partition coefficient (Wildman–Crippen LogP) is 4.33. The number of hydrogen-bond donors (Lipinski definition) is 2. The molecule has 4 nitrogen and oxygen atoms in total. The summed E-state index contributed by atoms with van der Waals surface area (Å²) in [6.07, 6.45) is 7.03. The van der Waals surface area contributed by atoms with Crippen molar-refractivity contribution in [3.05, 3.63) is 94.2 Å². The van der Waals surface area contributed by atoms with Gasteiger partial charge in [0.05, 0.1) is 0 Å². The van der Waals surface area contributed by atoms with Crippen molar-refractivity contribution in [2.24, 2.45) is 11.5 Å². The molecule has 0 aliphatic heterocycles. The van der Waals surface area contributed by atoms with E-state index in [0.29, 0.717) is 17.7 Å². The molecule has 0 unspecified atom stereocenters. The maximum Gasteiger partial charge on any atom is 0.183 e. The Morgan fingerprint density at radius 1 is 1.00 bits per heavy atom. The number of benzene rings is 1. The molecule has 0 spiro atoms. The molecular formula is C23H28N2O2. The highest BCUT2D eigenvalue weighted by atomic mass is 16.3. The number of carbonyl (C=O) groups excluding carboxylic acids is 1. The zero-order valence-corrected chi connectivity index (χ0v) is 16.3. The summed E-state index contributed by atoms with van der Waals surface area (Å²) in [7, 11) is 0. The summed E-state index contributed by atoms with van der Waals surface area (Å²) in [6, 6.07) is 12.1. The highest BCUT2D eigenvalue weighted by Crippen LogP contribution is 2.14. The fourth-order valence-electron chi connectivity index (χ4n) is 2.56. The number of ketones is 1. The van der Waals surface area contributed by atoms with Gasteiger partial charge in [0.1, 0.15) is 11.5 Å². The van der Waals surface area contributed by atoms with Crippen molar-refractivity contribution >= 4 is 5.78 Å². The lowest BCUT2D eigenvalue weighted by Gasteiger charge is -2.05. The molecule has 0 fully saturated rings. The van der Waals surface area contributed by atoms with Gasteiger partial charge in [0.25, 0.3) is 0 Å². The normalized spacial score (nSPS) is 13.1. The molecule has 27 heavy (non-hydrogen) atoms. The van der Waals surface area contributed by atoms with Crippen molar-refractivity contribution in [1.82, 2.24) is 0 Å². The lowest BCUT2D eigenvalue weighted by atomic mass is 10.0. The standard InChI is InChI=1S/C23H28N2O2/c1-4-20(24)11-5-16(2)23(26)15-21(25)13-18-7-9-19(10-8-18)14-22-12-6-17(3)27-22/h5-12,15H,4,13-14,24-25H2,1-3H3/b16-5+,20-11+,21-15-. The van der Waals surface area contributed by atoms with E-state index in [1.165, 1.54) is 11.6 Å². The highest BCUT2D eigenvalue weighted by Gasteiger charge is 2.04. The van der Waals surface area contributed by atoms with Gasteiger partial charge in [-0.1, -0.05) is 37.3 Å². The predicted molar refractivity (Wildman–Crippen MR) is 110 cm³/mol. The molecule has 1 aromatic heterocycles. The van der Waals surface area contributed by atoms with Crippen LogP contribution < -0.4 is 11.5 Å². The second-order valence-corrected chi connectivity index (χ2v) is 6.71. The van der Waals surface area contributed by atoms with Crippen molar-refractivity contribution in [3.8, 4) is 0 Å². The number of hydrogen-bond acceptors (Lipinski definition) is 4. The summed E-state index contributed by atoms with van der Waals surface area (Å²) in [5, 5.41) is 0. The first kappa shape index (κ1) is 20.3. The number of furan rings is 1. The molecule has 4 N–H and O–H groups in total. The van der Waals surface area contributed by atoms with Crippen molar-refractivity contribution in [1.29, 1.82) is 0 Å². The van der Waals surface area contributed by atoms with Crippen LogP contribution in [0.15, 0.2) is 76.0 Å². The topological polar surface area (TPSA) is 82.2 Å². The Morgan fingerprint density at radius 3 is 2.26 bits per heavy atom. The van der Waals surface area contributed by atoms with Crippen molar-refractivity contribution in [3.63, 3.8) is 0 Å². The SMILES string of the molecule is CC/C(N)=C\C=C(/C)C(=O)/C=C(\N)Cc1ccc(Cc2ccc(C)o2)cc1. The zero-order valence-electron chi connectivity index (χ0n) is 16.3. The summed E-state index contributed by atoms with van der Waals surface area (Å²) in [5.41, 5.74) is 15.9. The first-order valence-electron chi connectivity index (χ1n) is 9.13. The minimum atomic E-state index is -0.0996. The molecule has 1 heterocycles. The Labute approximate surface area is 161 Å². The van der Waals surface area contributed by atoms with Gasteiger partial charge in [-0.15, -0.1) is 0 Å². The molecule has 2 rings (SSSR count). The molecule has 1 aromatic carbocycles. The van der Waals surface area contributed by atoms with E-state index >= 15 is 0 Å². The van der Waals surface area contributed by atoms with E-state index in [1.54, 1.807) is 19.1 Å². The fraction of sp³-hybridized carbons (Fsp3) is 0.261. The molecule has 0 radical (unpaired) electrons. The van der Waals surface area contributed by atoms with Crippen LogP contribution in [0.2, 0.25) is 0 Å². The van der Waals surface area contributed by atoms with Crippen LogP contribution in [0.5, 0.6) is 0 Å². The molecule has 0 bridgehead atoms. The quantitative estimate of drug-likeness (QED) is 0.539. The van der Waals surface area contributed by atoms with Crippen LogP contribution in [-0.4, -0.2) is 5.78 Å². The highest BCUT2D eigenvalue weighted by molar-refractivity contribution is 6.04. The third-order valence-corrected chi connectivity index (χ3v) is 4.27. The minimum Gasteiger partial charge on any atom is -0.466 e. The molecule has 2 aromatic rings. The van der Waals surface area contributed by atoms with Crippen LogP contribution in [0.3, 0.4) is 0 Å². The van der Waals surface area contributed by atoms with Crippen LogP contribution in [-0.2, 0) is 17.6 Å². The minimum absolute atomic E-state index is 0.0996. The molecule has 0 saturated carbocycles. The van der Waals surface area contributed by atoms with Gasteiger partial charge in [-0.3, -0.25) is 4.79 Å². The smallest absolute Gasteiger partial charge is 0.183 e.